The molecule has 1 aliphatic heterocycles. The first-order valence-corrected chi connectivity index (χ1v) is 7.22. The third-order valence-electron chi connectivity index (χ3n) is 4.09. The Morgan fingerprint density at radius 2 is 1.59 bits per heavy atom. The number of hydrogen-bond acceptors (Lipinski definition) is 2. The van der Waals surface area contributed by atoms with Gasteiger partial charge in [-0.1, -0.05) is 61.2 Å². The van der Waals surface area contributed by atoms with Crippen LogP contribution in [-0.2, 0) is 0 Å². The van der Waals surface area contributed by atoms with Crippen LogP contribution in [-0.4, -0.2) is 5.78 Å². The van der Waals surface area contributed by atoms with Crippen molar-refractivity contribution < 1.29 is 9.53 Å². The molecule has 3 aromatic rings. The van der Waals surface area contributed by atoms with Crippen LogP contribution in [0.1, 0.15) is 22.0 Å². The van der Waals surface area contributed by atoms with Crippen molar-refractivity contribution in [2.24, 2.45) is 0 Å². The van der Waals surface area contributed by atoms with Gasteiger partial charge in [0.05, 0.1) is 5.56 Å². The number of fused-ring (bicyclic) bond motifs is 2. The number of hydrogen-bond donors (Lipinski definition) is 0. The minimum absolute atomic E-state index is 0.0419. The van der Waals surface area contributed by atoms with Crippen LogP contribution in [0.25, 0.3) is 10.8 Å². The standard InChI is InChI=1S/C20H14O2/c1-13-19(21)17-10-4-5-12-18(17)22-20(13)16-11-6-8-14-7-2-3-9-15(14)16/h2-12,20H,1H2/t20-/m0/s1. The van der Waals surface area contributed by atoms with Gasteiger partial charge in [0.25, 0.3) is 0 Å². The van der Waals surface area contributed by atoms with E-state index in [0.29, 0.717) is 16.9 Å². The first kappa shape index (κ1) is 12.8. The number of carbonyl (C=O) groups is 1. The largest absolute Gasteiger partial charge is 0.480 e. The molecule has 2 heteroatoms. The van der Waals surface area contributed by atoms with E-state index in [1.165, 1.54) is 0 Å². The number of ether oxygens (including phenoxy) is 1. The van der Waals surface area contributed by atoms with E-state index < -0.39 is 6.10 Å². The van der Waals surface area contributed by atoms with Gasteiger partial charge in [-0.2, -0.15) is 0 Å². The van der Waals surface area contributed by atoms with E-state index in [1.54, 1.807) is 6.07 Å². The summed E-state index contributed by atoms with van der Waals surface area (Å²) < 4.78 is 6.09. The number of para-hydroxylation sites is 1. The lowest BCUT2D eigenvalue weighted by molar-refractivity contribution is 0.0963. The van der Waals surface area contributed by atoms with Crippen LogP contribution in [0.5, 0.6) is 5.75 Å². The summed E-state index contributed by atoms with van der Waals surface area (Å²) >= 11 is 0. The third kappa shape index (κ3) is 1.85. The number of carbonyl (C=O) groups excluding carboxylic acids is 1. The van der Waals surface area contributed by atoms with Gasteiger partial charge >= 0.3 is 0 Å². The van der Waals surface area contributed by atoms with E-state index >= 15 is 0 Å². The highest BCUT2D eigenvalue weighted by molar-refractivity contribution is 6.12. The number of Topliss-reactive ketones (excluding diaryl/α,β-unsaturated/α-hetero) is 1. The zero-order chi connectivity index (χ0) is 15.1. The minimum Gasteiger partial charge on any atom is -0.480 e. The van der Waals surface area contributed by atoms with E-state index in [0.717, 1.165) is 16.3 Å². The van der Waals surface area contributed by atoms with Crippen LogP contribution in [0.3, 0.4) is 0 Å². The fourth-order valence-electron chi connectivity index (χ4n) is 2.98. The molecule has 0 bridgehead atoms. The van der Waals surface area contributed by atoms with Gasteiger partial charge in [-0.3, -0.25) is 4.79 Å². The van der Waals surface area contributed by atoms with Crippen molar-refractivity contribution in [3.8, 4) is 5.75 Å². The van der Waals surface area contributed by atoms with E-state index in [-0.39, 0.29) is 5.78 Å². The Bertz CT molecular complexity index is 903. The van der Waals surface area contributed by atoms with Crippen LogP contribution in [0.15, 0.2) is 78.9 Å². The normalized spacial score (nSPS) is 17.2. The third-order valence-corrected chi connectivity index (χ3v) is 4.09. The van der Waals surface area contributed by atoms with Gasteiger partial charge in [0.15, 0.2) is 11.9 Å². The molecule has 1 heterocycles. The molecule has 0 saturated heterocycles. The molecule has 0 aromatic heterocycles. The SMILES string of the molecule is C=C1C(=O)c2ccccc2O[C@@H]1c1cccc2ccccc12. The summed E-state index contributed by atoms with van der Waals surface area (Å²) in [5.41, 5.74) is 2.05. The van der Waals surface area contributed by atoms with Crippen LogP contribution in [0.4, 0.5) is 0 Å². The van der Waals surface area contributed by atoms with Crippen LogP contribution < -0.4 is 4.74 Å². The number of rotatable bonds is 1. The first-order chi connectivity index (χ1) is 10.8. The van der Waals surface area contributed by atoms with E-state index in [2.05, 4.69) is 18.7 Å². The summed E-state index contributed by atoms with van der Waals surface area (Å²) in [4.78, 5) is 12.6. The van der Waals surface area contributed by atoms with Crippen molar-refractivity contribution in [2.75, 3.05) is 0 Å². The average Bonchev–Trinajstić information content (AvgIpc) is 2.58. The van der Waals surface area contributed by atoms with Crippen LogP contribution >= 0.6 is 0 Å². The van der Waals surface area contributed by atoms with Crippen molar-refractivity contribution in [1.82, 2.24) is 0 Å². The first-order valence-electron chi connectivity index (χ1n) is 7.22. The molecule has 0 saturated carbocycles. The average molecular weight is 286 g/mol. The summed E-state index contributed by atoms with van der Waals surface area (Å²) in [6, 6.07) is 21.5. The van der Waals surface area contributed by atoms with Gasteiger partial charge < -0.3 is 4.74 Å². The number of benzene rings is 3. The van der Waals surface area contributed by atoms with Gasteiger partial charge in [0, 0.05) is 11.1 Å². The molecule has 0 fully saturated rings. The molecular weight excluding hydrogens is 272 g/mol. The van der Waals surface area contributed by atoms with E-state index in [9.17, 15) is 4.79 Å². The lowest BCUT2D eigenvalue weighted by Crippen LogP contribution is -2.23. The fourth-order valence-corrected chi connectivity index (χ4v) is 2.98. The molecule has 0 amide bonds. The van der Waals surface area contributed by atoms with Crippen LogP contribution in [0.2, 0.25) is 0 Å². The molecular formula is C20H14O2. The Morgan fingerprint density at radius 3 is 2.50 bits per heavy atom. The summed E-state index contributed by atoms with van der Waals surface area (Å²) in [5, 5.41) is 2.21. The summed E-state index contributed by atoms with van der Waals surface area (Å²) in [6.07, 6.45) is -0.437. The van der Waals surface area contributed by atoms with Crippen molar-refractivity contribution in [3.05, 3.63) is 90.0 Å². The summed E-state index contributed by atoms with van der Waals surface area (Å²) in [7, 11) is 0. The maximum Gasteiger partial charge on any atom is 0.196 e. The van der Waals surface area contributed by atoms with Crippen molar-refractivity contribution >= 4 is 16.6 Å². The molecule has 0 unspecified atom stereocenters. The topological polar surface area (TPSA) is 26.3 Å². The second kappa shape index (κ2) is 4.85. The molecule has 0 N–H and O–H groups in total. The summed E-state index contributed by atoms with van der Waals surface area (Å²) in [6.45, 7) is 3.98. The highest BCUT2D eigenvalue weighted by atomic mass is 16.5. The maximum atomic E-state index is 12.6. The Balaban J connectivity index is 1.90. The molecule has 22 heavy (non-hydrogen) atoms. The quantitative estimate of drug-likeness (QED) is 0.605. The summed E-state index contributed by atoms with van der Waals surface area (Å²) in [5.74, 6) is 0.581. The molecule has 106 valence electrons. The second-order valence-corrected chi connectivity index (χ2v) is 5.42. The highest BCUT2D eigenvalue weighted by Crippen LogP contribution is 2.39. The van der Waals surface area contributed by atoms with E-state index in [4.69, 9.17) is 4.74 Å². The van der Waals surface area contributed by atoms with Gasteiger partial charge in [0.2, 0.25) is 0 Å². The monoisotopic (exact) mass is 286 g/mol. The zero-order valence-corrected chi connectivity index (χ0v) is 12.0. The predicted octanol–water partition coefficient (Wildman–Crippen LogP) is 4.71. The molecule has 1 atom stereocenters. The molecule has 4 rings (SSSR count). The van der Waals surface area contributed by atoms with Gasteiger partial charge in [-0.25, -0.2) is 0 Å². The van der Waals surface area contributed by atoms with Gasteiger partial charge in [0.1, 0.15) is 5.75 Å². The van der Waals surface area contributed by atoms with Crippen molar-refractivity contribution in [2.45, 2.75) is 6.10 Å². The zero-order valence-electron chi connectivity index (χ0n) is 12.0. The predicted molar refractivity (Wildman–Crippen MR) is 87.2 cm³/mol. The second-order valence-electron chi connectivity index (χ2n) is 5.42. The van der Waals surface area contributed by atoms with Gasteiger partial charge in [-0.05, 0) is 22.9 Å². The Labute approximate surface area is 128 Å². The molecule has 3 aromatic carbocycles. The molecule has 0 aliphatic carbocycles. The maximum absolute atomic E-state index is 12.6. The lowest BCUT2D eigenvalue weighted by atomic mass is 9.90. The van der Waals surface area contributed by atoms with E-state index in [1.807, 2.05) is 48.5 Å². The van der Waals surface area contributed by atoms with Gasteiger partial charge in [-0.15, -0.1) is 0 Å². The smallest absolute Gasteiger partial charge is 0.196 e. The van der Waals surface area contributed by atoms with Crippen molar-refractivity contribution in [1.29, 1.82) is 0 Å². The Hall–Kier alpha value is -2.87. The Morgan fingerprint density at radius 1 is 0.864 bits per heavy atom. The fraction of sp³-hybridized carbons (Fsp3) is 0.0500. The molecule has 0 spiro atoms. The minimum atomic E-state index is -0.437. The Kier molecular flexibility index (Phi) is 2.83. The number of ketones is 1. The lowest BCUT2D eigenvalue weighted by Gasteiger charge is -2.28. The molecule has 2 nitrogen and oxygen atoms in total. The molecule has 1 aliphatic rings. The van der Waals surface area contributed by atoms with Crippen molar-refractivity contribution in [3.63, 3.8) is 0 Å². The highest BCUT2D eigenvalue weighted by Gasteiger charge is 2.31. The van der Waals surface area contributed by atoms with Crippen LogP contribution in [0, 0.1) is 0 Å². The molecule has 0 radical (unpaired) electrons.